The molecule has 2 aromatic rings. The topological polar surface area (TPSA) is 46.2 Å². The van der Waals surface area contributed by atoms with Crippen LogP contribution in [0.4, 0.5) is 5.69 Å². The summed E-state index contributed by atoms with van der Waals surface area (Å²) in [7, 11) is -3.54. The number of nitrogens with one attached hydrogen (secondary N) is 1. The number of aryl methyl sites for hydroxylation is 3. The number of sulfonamides is 1. The fourth-order valence-electron chi connectivity index (χ4n) is 2.80. The highest BCUT2D eigenvalue weighted by Gasteiger charge is 2.18. The van der Waals surface area contributed by atoms with E-state index in [1.165, 1.54) is 17.5 Å². The molecule has 22 heavy (non-hydrogen) atoms. The first kappa shape index (κ1) is 15.6. The molecule has 1 aliphatic carbocycles. The number of rotatable bonds is 3. The van der Waals surface area contributed by atoms with Gasteiger partial charge >= 0.3 is 0 Å². The maximum atomic E-state index is 12.6. The van der Waals surface area contributed by atoms with Crippen molar-refractivity contribution in [3.63, 3.8) is 0 Å². The molecule has 0 radical (unpaired) electrons. The summed E-state index contributed by atoms with van der Waals surface area (Å²) in [5.74, 6) is 0. The normalized spacial score (nSPS) is 14.5. The fraction of sp³-hybridized carbons (Fsp3) is 0.294. The minimum atomic E-state index is -3.54. The lowest BCUT2D eigenvalue weighted by molar-refractivity contribution is 0.600. The molecule has 0 amide bonds. The molecule has 3 nitrogen and oxygen atoms in total. The van der Waals surface area contributed by atoms with E-state index in [2.05, 4.69) is 20.7 Å². The average Bonchev–Trinajstić information content (AvgIpc) is 2.50. The number of benzene rings is 2. The average molecular weight is 380 g/mol. The third kappa shape index (κ3) is 3.20. The molecular formula is C17H18BrNO2S. The molecular weight excluding hydrogens is 362 g/mol. The number of halogens is 1. The fourth-order valence-corrected chi connectivity index (χ4v) is 4.15. The highest BCUT2D eigenvalue weighted by molar-refractivity contribution is 9.10. The van der Waals surface area contributed by atoms with E-state index in [0.717, 1.165) is 29.3 Å². The summed E-state index contributed by atoms with van der Waals surface area (Å²) in [6, 6.07) is 10.9. The monoisotopic (exact) mass is 379 g/mol. The molecule has 0 spiro atoms. The molecule has 1 N–H and O–H groups in total. The van der Waals surface area contributed by atoms with Crippen LogP contribution >= 0.6 is 15.9 Å². The minimum absolute atomic E-state index is 0.341. The van der Waals surface area contributed by atoms with Crippen molar-refractivity contribution in [3.8, 4) is 0 Å². The Morgan fingerprint density at radius 3 is 2.45 bits per heavy atom. The molecule has 0 fully saturated rings. The molecule has 0 aliphatic heterocycles. The van der Waals surface area contributed by atoms with Gasteiger partial charge in [0.25, 0.3) is 10.0 Å². The van der Waals surface area contributed by atoms with Gasteiger partial charge in [-0.15, -0.1) is 0 Å². The van der Waals surface area contributed by atoms with Crippen LogP contribution in [-0.4, -0.2) is 8.42 Å². The van der Waals surface area contributed by atoms with E-state index in [4.69, 9.17) is 0 Å². The third-order valence-electron chi connectivity index (χ3n) is 4.04. The van der Waals surface area contributed by atoms with Crippen molar-refractivity contribution in [3.05, 3.63) is 57.6 Å². The molecule has 0 saturated carbocycles. The number of hydrogen-bond acceptors (Lipinski definition) is 2. The summed E-state index contributed by atoms with van der Waals surface area (Å²) >= 11 is 3.42. The molecule has 0 saturated heterocycles. The summed E-state index contributed by atoms with van der Waals surface area (Å²) in [5, 5.41) is 0. The van der Waals surface area contributed by atoms with Crippen molar-refractivity contribution < 1.29 is 8.42 Å². The first-order chi connectivity index (χ1) is 10.5. The number of fused-ring (bicyclic) bond motifs is 1. The summed E-state index contributed by atoms with van der Waals surface area (Å²) in [6.07, 6.45) is 4.34. The van der Waals surface area contributed by atoms with Gasteiger partial charge in [0.05, 0.1) is 4.90 Å². The van der Waals surface area contributed by atoms with E-state index in [9.17, 15) is 8.42 Å². The van der Waals surface area contributed by atoms with Crippen molar-refractivity contribution in [2.75, 3.05) is 4.72 Å². The number of anilines is 1. The van der Waals surface area contributed by atoms with Crippen molar-refractivity contribution in [1.29, 1.82) is 0 Å². The Hall–Kier alpha value is -1.33. The van der Waals surface area contributed by atoms with Crippen LogP contribution in [0.25, 0.3) is 0 Å². The first-order valence-electron chi connectivity index (χ1n) is 7.36. The molecule has 3 rings (SSSR count). The summed E-state index contributed by atoms with van der Waals surface area (Å²) in [6.45, 7) is 1.93. The zero-order chi connectivity index (χ0) is 15.7. The molecule has 1 aliphatic rings. The van der Waals surface area contributed by atoms with E-state index in [-0.39, 0.29) is 0 Å². The lowest BCUT2D eigenvalue weighted by atomic mass is 9.92. The summed E-state index contributed by atoms with van der Waals surface area (Å²) < 4.78 is 28.7. The van der Waals surface area contributed by atoms with Gasteiger partial charge in [0.15, 0.2) is 0 Å². The largest absolute Gasteiger partial charge is 0.280 e. The SMILES string of the molecule is Cc1cc(NS(=O)(=O)c2ccc3c(c2)CCCC3)ccc1Br. The molecule has 0 bridgehead atoms. The van der Waals surface area contributed by atoms with Crippen LogP contribution in [-0.2, 0) is 22.9 Å². The van der Waals surface area contributed by atoms with Crippen LogP contribution in [0.15, 0.2) is 45.8 Å². The van der Waals surface area contributed by atoms with Crippen molar-refractivity contribution in [2.45, 2.75) is 37.5 Å². The maximum Gasteiger partial charge on any atom is 0.261 e. The zero-order valence-electron chi connectivity index (χ0n) is 12.4. The summed E-state index contributed by atoms with van der Waals surface area (Å²) in [4.78, 5) is 0.341. The Morgan fingerprint density at radius 1 is 1.00 bits per heavy atom. The van der Waals surface area contributed by atoms with E-state index in [0.29, 0.717) is 10.6 Å². The van der Waals surface area contributed by atoms with E-state index < -0.39 is 10.0 Å². The molecule has 0 atom stereocenters. The van der Waals surface area contributed by atoms with Crippen LogP contribution in [0.5, 0.6) is 0 Å². The van der Waals surface area contributed by atoms with E-state index in [1.54, 1.807) is 12.1 Å². The Morgan fingerprint density at radius 2 is 1.73 bits per heavy atom. The van der Waals surface area contributed by atoms with Gasteiger partial charge < -0.3 is 0 Å². The standard InChI is InChI=1S/C17H18BrNO2S/c1-12-10-15(7-9-17(12)18)19-22(20,21)16-8-6-13-4-2-3-5-14(13)11-16/h6-11,19H,2-5H2,1H3. The number of hydrogen-bond donors (Lipinski definition) is 1. The Bertz CT molecular complexity index is 815. The smallest absolute Gasteiger partial charge is 0.261 e. The van der Waals surface area contributed by atoms with Crippen LogP contribution < -0.4 is 4.72 Å². The highest BCUT2D eigenvalue weighted by atomic mass is 79.9. The van der Waals surface area contributed by atoms with Gasteiger partial charge in [-0.3, -0.25) is 4.72 Å². The first-order valence-corrected chi connectivity index (χ1v) is 9.64. The molecule has 116 valence electrons. The van der Waals surface area contributed by atoms with Crippen LogP contribution in [0, 0.1) is 6.92 Å². The maximum absolute atomic E-state index is 12.6. The van der Waals surface area contributed by atoms with Crippen molar-refractivity contribution >= 4 is 31.6 Å². The highest BCUT2D eigenvalue weighted by Crippen LogP contribution is 2.26. The zero-order valence-corrected chi connectivity index (χ0v) is 14.8. The predicted octanol–water partition coefficient (Wildman–Crippen LogP) is 4.44. The van der Waals surface area contributed by atoms with E-state index >= 15 is 0 Å². The molecule has 2 aromatic carbocycles. The lowest BCUT2D eigenvalue weighted by Crippen LogP contribution is -2.14. The Balaban J connectivity index is 1.90. The minimum Gasteiger partial charge on any atom is -0.280 e. The van der Waals surface area contributed by atoms with Gasteiger partial charge in [0, 0.05) is 10.2 Å². The molecule has 0 heterocycles. The van der Waals surface area contributed by atoms with Gasteiger partial charge in [-0.1, -0.05) is 22.0 Å². The Kier molecular flexibility index (Phi) is 4.28. The summed E-state index contributed by atoms with van der Waals surface area (Å²) in [5.41, 5.74) is 4.02. The van der Waals surface area contributed by atoms with E-state index in [1.807, 2.05) is 31.2 Å². The Labute approximate surface area is 139 Å². The molecule has 0 unspecified atom stereocenters. The van der Waals surface area contributed by atoms with Gasteiger partial charge in [-0.25, -0.2) is 8.42 Å². The van der Waals surface area contributed by atoms with Gasteiger partial charge in [-0.05, 0) is 79.6 Å². The van der Waals surface area contributed by atoms with Gasteiger partial charge in [0.2, 0.25) is 0 Å². The lowest BCUT2D eigenvalue weighted by Gasteiger charge is -2.17. The second-order valence-electron chi connectivity index (χ2n) is 5.71. The quantitative estimate of drug-likeness (QED) is 0.856. The predicted molar refractivity (Wildman–Crippen MR) is 92.8 cm³/mol. The van der Waals surface area contributed by atoms with Gasteiger partial charge in [-0.2, -0.15) is 0 Å². The van der Waals surface area contributed by atoms with Crippen molar-refractivity contribution in [2.24, 2.45) is 0 Å². The molecule has 5 heteroatoms. The van der Waals surface area contributed by atoms with Crippen molar-refractivity contribution in [1.82, 2.24) is 0 Å². The van der Waals surface area contributed by atoms with Gasteiger partial charge in [0.1, 0.15) is 0 Å². The third-order valence-corrected chi connectivity index (χ3v) is 6.31. The second-order valence-corrected chi connectivity index (χ2v) is 8.24. The second kappa shape index (κ2) is 6.05. The van der Waals surface area contributed by atoms with Crippen LogP contribution in [0.1, 0.15) is 29.5 Å². The van der Waals surface area contributed by atoms with Crippen LogP contribution in [0.2, 0.25) is 0 Å². The van der Waals surface area contributed by atoms with Crippen LogP contribution in [0.3, 0.4) is 0 Å². The molecule has 0 aromatic heterocycles.